The second-order valence-corrected chi connectivity index (χ2v) is 6.93. The first kappa shape index (κ1) is 18.5. The zero-order valence-corrected chi connectivity index (χ0v) is 14.1. The molecule has 2 aromatic carbocycles. The maximum Gasteiger partial charge on any atom is 0.279 e. The van der Waals surface area contributed by atoms with Crippen molar-refractivity contribution >= 4 is 27.3 Å². The molecule has 0 aliphatic carbocycles. The number of sulfonamides is 1. The molecule has 1 heterocycles. The first-order chi connectivity index (χ1) is 12.8. The lowest BCUT2D eigenvalue weighted by atomic mass is 10.2. The van der Waals surface area contributed by atoms with Crippen LogP contribution in [0.15, 0.2) is 53.7 Å². The van der Waals surface area contributed by atoms with E-state index in [1.807, 2.05) is 0 Å². The molecule has 0 spiro atoms. The summed E-state index contributed by atoms with van der Waals surface area (Å²) in [4.78, 5) is 12.3. The molecule has 0 radical (unpaired) electrons. The van der Waals surface area contributed by atoms with Crippen LogP contribution in [0.1, 0.15) is 10.4 Å². The zero-order chi connectivity index (χ0) is 19.6. The number of hydrogen-bond donors (Lipinski definition) is 3. The fourth-order valence-corrected chi connectivity index (χ4v) is 3.29. The maximum absolute atomic E-state index is 13.2. The second kappa shape index (κ2) is 7.11. The van der Waals surface area contributed by atoms with Crippen molar-refractivity contribution in [3.05, 3.63) is 71.7 Å². The third kappa shape index (κ3) is 4.08. The molecule has 11 heteroatoms. The molecule has 0 atom stereocenters. The van der Waals surface area contributed by atoms with Gasteiger partial charge in [0.1, 0.15) is 5.82 Å². The van der Waals surface area contributed by atoms with E-state index in [1.54, 1.807) is 0 Å². The molecule has 0 fully saturated rings. The number of benzene rings is 2. The van der Waals surface area contributed by atoms with Crippen molar-refractivity contribution < 1.29 is 26.4 Å². The average Bonchev–Trinajstić information content (AvgIpc) is 3.11. The molecule has 0 bridgehead atoms. The van der Waals surface area contributed by atoms with E-state index in [1.165, 1.54) is 12.1 Å². The predicted octanol–water partition coefficient (Wildman–Crippen LogP) is 2.88. The van der Waals surface area contributed by atoms with Crippen molar-refractivity contribution in [1.82, 2.24) is 10.2 Å². The van der Waals surface area contributed by atoms with Crippen molar-refractivity contribution in [2.24, 2.45) is 0 Å². The van der Waals surface area contributed by atoms with Gasteiger partial charge in [-0.1, -0.05) is 0 Å². The molecule has 3 N–H and O–H groups in total. The Labute approximate surface area is 151 Å². The highest BCUT2D eigenvalue weighted by atomic mass is 32.2. The predicted molar refractivity (Wildman–Crippen MR) is 90.1 cm³/mol. The number of hydrogen-bond acceptors (Lipinski definition) is 4. The van der Waals surface area contributed by atoms with Gasteiger partial charge in [0, 0.05) is 17.4 Å². The molecule has 3 aromatic rings. The third-order valence-electron chi connectivity index (χ3n) is 3.39. The minimum absolute atomic E-state index is 0.0676. The van der Waals surface area contributed by atoms with E-state index in [9.17, 15) is 26.4 Å². The SMILES string of the molecule is O=C(Nc1ccc(F)c(F)c1)c1cn[nH]c1S(=O)(=O)Nc1ccc(F)cc1. The van der Waals surface area contributed by atoms with Gasteiger partial charge in [0.15, 0.2) is 16.7 Å². The monoisotopic (exact) mass is 396 g/mol. The van der Waals surface area contributed by atoms with Gasteiger partial charge >= 0.3 is 0 Å². The summed E-state index contributed by atoms with van der Waals surface area (Å²) >= 11 is 0. The Kier molecular flexibility index (Phi) is 4.86. The number of H-pyrrole nitrogens is 1. The normalized spacial score (nSPS) is 11.2. The molecular formula is C16H11F3N4O3S. The lowest BCUT2D eigenvalue weighted by molar-refractivity contribution is 0.102. The van der Waals surface area contributed by atoms with E-state index >= 15 is 0 Å². The van der Waals surface area contributed by atoms with Crippen molar-refractivity contribution in [3.63, 3.8) is 0 Å². The zero-order valence-electron chi connectivity index (χ0n) is 13.3. The van der Waals surface area contributed by atoms with E-state index in [-0.39, 0.29) is 16.9 Å². The summed E-state index contributed by atoms with van der Waals surface area (Å²) in [6, 6.07) is 7.19. The van der Waals surface area contributed by atoms with Gasteiger partial charge in [0.05, 0.1) is 11.8 Å². The maximum atomic E-state index is 13.2. The van der Waals surface area contributed by atoms with Gasteiger partial charge in [-0.25, -0.2) is 13.2 Å². The summed E-state index contributed by atoms with van der Waals surface area (Å²) in [7, 11) is -4.25. The van der Waals surface area contributed by atoms with Gasteiger partial charge in [0.25, 0.3) is 15.9 Å². The van der Waals surface area contributed by atoms with Crippen LogP contribution >= 0.6 is 0 Å². The lowest BCUT2D eigenvalue weighted by Crippen LogP contribution is -2.19. The first-order valence-corrected chi connectivity index (χ1v) is 8.83. The third-order valence-corrected chi connectivity index (χ3v) is 4.74. The number of nitrogens with one attached hydrogen (secondary N) is 3. The summed E-state index contributed by atoms with van der Waals surface area (Å²) in [5.41, 5.74) is -0.359. The molecule has 0 aliphatic rings. The Balaban J connectivity index is 1.84. The number of carbonyl (C=O) groups is 1. The number of halogens is 3. The lowest BCUT2D eigenvalue weighted by Gasteiger charge is -2.09. The first-order valence-electron chi connectivity index (χ1n) is 7.34. The van der Waals surface area contributed by atoms with Crippen molar-refractivity contribution in [1.29, 1.82) is 0 Å². The van der Waals surface area contributed by atoms with Crippen LogP contribution in [0, 0.1) is 17.5 Å². The van der Waals surface area contributed by atoms with Gasteiger partial charge in [-0.05, 0) is 36.4 Å². The number of aromatic amines is 1. The van der Waals surface area contributed by atoms with Gasteiger partial charge in [-0.3, -0.25) is 14.6 Å². The highest BCUT2D eigenvalue weighted by molar-refractivity contribution is 7.92. The van der Waals surface area contributed by atoms with Crippen LogP contribution in [0.25, 0.3) is 0 Å². The number of rotatable bonds is 5. The molecule has 0 unspecified atom stereocenters. The topological polar surface area (TPSA) is 104 Å². The fraction of sp³-hybridized carbons (Fsp3) is 0. The molecule has 0 saturated heterocycles. The van der Waals surface area contributed by atoms with Crippen molar-refractivity contribution in [2.45, 2.75) is 5.03 Å². The summed E-state index contributed by atoms with van der Waals surface area (Å²) < 4.78 is 66.2. The number of nitrogens with zero attached hydrogens (tertiary/aromatic N) is 1. The average molecular weight is 396 g/mol. The number of amides is 1. The summed E-state index contributed by atoms with van der Waals surface area (Å²) in [5, 5.41) is 7.43. The largest absolute Gasteiger partial charge is 0.322 e. The van der Waals surface area contributed by atoms with E-state index < -0.39 is 38.4 Å². The molecule has 0 aliphatic heterocycles. The Hall–Kier alpha value is -3.34. The van der Waals surface area contributed by atoms with Crippen molar-refractivity contribution in [3.8, 4) is 0 Å². The standard InChI is InChI=1S/C16H11F3N4O3S/c17-9-1-3-10(4-2-9)23-27(25,26)16-12(8-20-22-16)15(24)21-11-5-6-13(18)14(19)7-11/h1-8,23H,(H,20,22)(H,21,24). The Morgan fingerprint density at radius 3 is 2.30 bits per heavy atom. The Morgan fingerprint density at radius 2 is 1.63 bits per heavy atom. The van der Waals surface area contributed by atoms with Crippen LogP contribution in [0.4, 0.5) is 24.5 Å². The molecule has 7 nitrogen and oxygen atoms in total. The van der Waals surface area contributed by atoms with Gasteiger partial charge < -0.3 is 5.32 Å². The van der Waals surface area contributed by atoms with Crippen LogP contribution in [0.2, 0.25) is 0 Å². The molecular weight excluding hydrogens is 385 g/mol. The van der Waals surface area contributed by atoms with Crippen LogP contribution in [0.3, 0.4) is 0 Å². The van der Waals surface area contributed by atoms with E-state index in [0.29, 0.717) is 0 Å². The molecule has 1 amide bonds. The fourth-order valence-electron chi connectivity index (χ4n) is 2.14. The molecule has 27 heavy (non-hydrogen) atoms. The number of carbonyl (C=O) groups excluding carboxylic acids is 1. The van der Waals surface area contributed by atoms with Gasteiger partial charge in [0.2, 0.25) is 0 Å². The highest BCUT2D eigenvalue weighted by Gasteiger charge is 2.25. The Bertz CT molecular complexity index is 1100. The Morgan fingerprint density at radius 1 is 0.963 bits per heavy atom. The molecule has 1 aromatic heterocycles. The van der Waals surface area contributed by atoms with E-state index in [4.69, 9.17) is 0 Å². The summed E-state index contributed by atoms with van der Waals surface area (Å²) in [6.45, 7) is 0. The van der Waals surface area contributed by atoms with Gasteiger partial charge in [-0.15, -0.1) is 0 Å². The molecule has 0 saturated carbocycles. The number of anilines is 2. The van der Waals surface area contributed by atoms with Crippen LogP contribution in [-0.2, 0) is 10.0 Å². The second-order valence-electron chi connectivity index (χ2n) is 5.31. The summed E-state index contributed by atoms with van der Waals surface area (Å²) in [6.07, 6.45) is 0.967. The quantitative estimate of drug-likeness (QED) is 0.617. The minimum Gasteiger partial charge on any atom is -0.322 e. The van der Waals surface area contributed by atoms with Gasteiger partial charge in [-0.2, -0.15) is 13.5 Å². The minimum atomic E-state index is -4.25. The van der Waals surface area contributed by atoms with E-state index in [0.717, 1.165) is 36.5 Å². The molecule has 3 rings (SSSR count). The van der Waals surface area contributed by atoms with Crippen LogP contribution < -0.4 is 10.0 Å². The number of aromatic nitrogens is 2. The highest BCUT2D eigenvalue weighted by Crippen LogP contribution is 2.20. The molecule has 140 valence electrons. The van der Waals surface area contributed by atoms with Crippen LogP contribution in [0.5, 0.6) is 0 Å². The smallest absolute Gasteiger partial charge is 0.279 e. The summed E-state index contributed by atoms with van der Waals surface area (Å²) in [5.74, 6) is -3.73. The van der Waals surface area contributed by atoms with E-state index in [2.05, 4.69) is 20.2 Å². The van der Waals surface area contributed by atoms with Crippen molar-refractivity contribution in [2.75, 3.05) is 10.0 Å². The van der Waals surface area contributed by atoms with Crippen LogP contribution in [-0.4, -0.2) is 24.5 Å².